The number of H-pyrrole nitrogens is 1. The van der Waals surface area contributed by atoms with Crippen molar-refractivity contribution < 1.29 is 9.47 Å². The zero-order valence-electron chi connectivity index (χ0n) is 12.2. The van der Waals surface area contributed by atoms with Crippen molar-refractivity contribution >= 4 is 15.9 Å². The van der Waals surface area contributed by atoms with Gasteiger partial charge in [-0.15, -0.1) is 0 Å². The Labute approximate surface area is 131 Å². The van der Waals surface area contributed by atoms with Crippen LogP contribution in [0.25, 0.3) is 11.4 Å². The molecular weight excluding hydrogens is 336 g/mol. The van der Waals surface area contributed by atoms with Gasteiger partial charge in [0.05, 0.1) is 14.2 Å². The predicted molar refractivity (Wildman–Crippen MR) is 85.1 cm³/mol. The highest BCUT2D eigenvalue weighted by Gasteiger charge is 2.13. The molecule has 0 aliphatic heterocycles. The molecule has 0 amide bonds. The van der Waals surface area contributed by atoms with E-state index in [9.17, 15) is 4.79 Å². The summed E-state index contributed by atoms with van der Waals surface area (Å²) in [5.74, 6) is 1.71. The molecule has 0 spiro atoms. The van der Waals surface area contributed by atoms with E-state index in [1.165, 1.54) is 6.07 Å². The number of hydrogen-bond acceptors (Lipinski definition) is 4. The quantitative estimate of drug-likeness (QED) is 0.897. The number of benzene rings is 1. The van der Waals surface area contributed by atoms with E-state index in [1.54, 1.807) is 26.4 Å². The number of halogens is 1. The Bertz CT molecular complexity index is 698. The fourth-order valence-corrected chi connectivity index (χ4v) is 2.57. The van der Waals surface area contributed by atoms with Crippen molar-refractivity contribution in [3.05, 3.63) is 38.7 Å². The van der Waals surface area contributed by atoms with E-state index in [0.29, 0.717) is 17.3 Å². The van der Waals surface area contributed by atoms with Gasteiger partial charge in [0, 0.05) is 21.8 Å². The lowest BCUT2D eigenvalue weighted by molar-refractivity contribution is 0.355. The van der Waals surface area contributed by atoms with Gasteiger partial charge in [0.15, 0.2) is 11.5 Å². The third-order valence-electron chi connectivity index (χ3n) is 3.03. The average molecular weight is 353 g/mol. The molecule has 0 atom stereocenters. The number of rotatable bonds is 5. The lowest BCUT2D eigenvalue weighted by Gasteiger charge is -2.12. The minimum Gasteiger partial charge on any atom is -0.493 e. The molecule has 0 aliphatic rings. The van der Waals surface area contributed by atoms with Crippen LogP contribution >= 0.6 is 15.9 Å². The van der Waals surface area contributed by atoms with Crippen molar-refractivity contribution in [3.8, 4) is 22.9 Å². The van der Waals surface area contributed by atoms with E-state index in [2.05, 4.69) is 32.8 Å². The maximum absolute atomic E-state index is 11.8. The normalized spacial score (nSPS) is 10.5. The van der Waals surface area contributed by atoms with Crippen LogP contribution in [0, 0.1) is 0 Å². The fraction of sp³-hybridized carbons (Fsp3) is 0.333. The maximum atomic E-state index is 11.8. The fourth-order valence-electron chi connectivity index (χ4n) is 2.06. The number of aryl methyl sites for hydroxylation is 1. The second-order valence-corrected chi connectivity index (χ2v) is 5.38. The van der Waals surface area contributed by atoms with E-state index < -0.39 is 0 Å². The molecule has 6 heteroatoms. The Balaban J connectivity index is 2.58. The Morgan fingerprint density at radius 2 is 1.86 bits per heavy atom. The number of aromatic amines is 1. The number of methoxy groups -OCH3 is 2. The number of aromatic nitrogens is 2. The average Bonchev–Trinajstić information content (AvgIpc) is 2.46. The molecule has 0 unspecified atom stereocenters. The standard InChI is InChI=1S/C15H17BrN2O3/c1-4-5-9-6-14(19)18-15(17-9)10-7-12(20-2)13(21-3)8-11(10)16/h6-8H,4-5H2,1-3H3,(H,17,18,19). The van der Waals surface area contributed by atoms with Gasteiger partial charge in [0.1, 0.15) is 5.82 Å². The van der Waals surface area contributed by atoms with Crippen LogP contribution < -0.4 is 15.0 Å². The summed E-state index contributed by atoms with van der Waals surface area (Å²) in [7, 11) is 3.14. The molecule has 0 saturated carbocycles. The van der Waals surface area contributed by atoms with E-state index in [4.69, 9.17) is 9.47 Å². The van der Waals surface area contributed by atoms with Crippen molar-refractivity contribution in [2.75, 3.05) is 14.2 Å². The molecule has 0 aliphatic carbocycles. The van der Waals surface area contributed by atoms with Crippen molar-refractivity contribution in [2.24, 2.45) is 0 Å². The van der Waals surface area contributed by atoms with E-state index in [0.717, 1.165) is 28.6 Å². The second-order valence-electron chi connectivity index (χ2n) is 4.52. The highest BCUT2D eigenvalue weighted by atomic mass is 79.9. The van der Waals surface area contributed by atoms with Gasteiger partial charge in [-0.2, -0.15) is 0 Å². The van der Waals surface area contributed by atoms with Crippen LogP contribution in [0.2, 0.25) is 0 Å². The molecule has 1 N–H and O–H groups in total. The smallest absolute Gasteiger partial charge is 0.251 e. The summed E-state index contributed by atoms with van der Waals surface area (Å²) < 4.78 is 11.3. The van der Waals surface area contributed by atoms with Crippen molar-refractivity contribution in [2.45, 2.75) is 19.8 Å². The summed E-state index contributed by atoms with van der Waals surface area (Å²) >= 11 is 3.48. The van der Waals surface area contributed by atoms with E-state index in [-0.39, 0.29) is 5.56 Å². The van der Waals surface area contributed by atoms with Gasteiger partial charge in [0.25, 0.3) is 5.56 Å². The van der Waals surface area contributed by atoms with Crippen LogP contribution in [0.4, 0.5) is 0 Å². The first kappa shape index (κ1) is 15.6. The van der Waals surface area contributed by atoms with Gasteiger partial charge in [-0.3, -0.25) is 4.79 Å². The molecule has 0 fully saturated rings. The largest absolute Gasteiger partial charge is 0.493 e. The van der Waals surface area contributed by atoms with Gasteiger partial charge in [-0.25, -0.2) is 4.98 Å². The lowest BCUT2D eigenvalue weighted by atomic mass is 10.1. The third kappa shape index (κ3) is 3.44. The predicted octanol–water partition coefficient (Wildman–Crippen LogP) is 3.17. The first-order valence-electron chi connectivity index (χ1n) is 6.61. The topological polar surface area (TPSA) is 64.2 Å². The molecule has 21 heavy (non-hydrogen) atoms. The second kappa shape index (κ2) is 6.76. The van der Waals surface area contributed by atoms with Gasteiger partial charge in [-0.05, 0) is 34.5 Å². The minimum absolute atomic E-state index is 0.162. The van der Waals surface area contributed by atoms with Gasteiger partial charge in [-0.1, -0.05) is 13.3 Å². The highest BCUT2D eigenvalue weighted by Crippen LogP contribution is 2.37. The van der Waals surface area contributed by atoms with Crippen LogP contribution in [0.15, 0.2) is 27.5 Å². The first-order valence-corrected chi connectivity index (χ1v) is 7.40. The molecule has 1 aromatic carbocycles. The summed E-state index contributed by atoms with van der Waals surface area (Å²) in [6.07, 6.45) is 1.70. The first-order chi connectivity index (χ1) is 10.1. The van der Waals surface area contributed by atoms with Crippen molar-refractivity contribution in [1.29, 1.82) is 0 Å². The molecule has 1 aromatic heterocycles. The summed E-state index contributed by atoms with van der Waals surface area (Å²) in [5, 5.41) is 0. The Kier molecular flexibility index (Phi) is 5.01. The zero-order valence-corrected chi connectivity index (χ0v) is 13.8. The van der Waals surface area contributed by atoms with Crippen LogP contribution in [0.1, 0.15) is 19.0 Å². The molecule has 5 nitrogen and oxygen atoms in total. The Hall–Kier alpha value is -1.82. The van der Waals surface area contributed by atoms with Gasteiger partial charge < -0.3 is 14.5 Å². The van der Waals surface area contributed by atoms with Gasteiger partial charge in [0.2, 0.25) is 0 Å². The van der Waals surface area contributed by atoms with Crippen LogP contribution in [-0.2, 0) is 6.42 Å². The van der Waals surface area contributed by atoms with Crippen molar-refractivity contribution in [3.63, 3.8) is 0 Å². The summed E-state index contributed by atoms with van der Waals surface area (Å²) in [5.41, 5.74) is 1.37. The van der Waals surface area contributed by atoms with Crippen LogP contribution in [0.5, 0.6) is 11.5 Å². The monoisotopic (exact) mass is 352 g/mol. The minimum atomic E-state index is -0.162. The van der Waals surface area contributed by atoms with E-state index >= 15 is 0 Å². The lowest BCUT2D eigenvalue weighted by Crippen LogP contribution is -2.10. The van der Waals surface area contributed by atoms with Crippen LogP contribution in [0.3, 0.4) is 0 Å². The zero-order chi connectivity index (χ0) is 15.4. The summed E-state index contributed by atoms with van der Waals surface area (Å²) in [6, 6.07) is 5.11. The SMILES string of the molecule is CCCc1cc(=O)[nH]c(-c2cc(OC)c(OC)cc2Br)n1. The molecule has 2 rings (SSSR count). The summed E-state index contributed by atoms with van der Waals surface area (Å²) in [4.78, 5) is 19.0. The number of nitrogens with one attached hydrogen (secondary N) is 1. The molecule has 2 aromatic rings. The molecule has 1 heterocycles. The van der Waals surface area contributed by atoms with Crippen LogP contribution in [-0.4, -0.2) is 24.2 Å². The van der Waals surface area contributed by atoms with Crippen molar-refractivity contribution in [1.82, 2.24) is 9.97 Å². The highest BCUT2D eigenvalue weighted by molar-refractivity contribution is 9.10. The third-order valence-corrected chi connectivity index (χ3v) is 3.69. The summed E-state index contributed by atoms with van der Waals surface area (Å²) in [6.45, 7) is 2.05. The number of nitrogens with zero attached hydrogens (tertiary/aromatic N) is 1. The Morgan fingerprint density at radius 1 is 1.19 bits per heavy atom. The molecule has 0 bridgehead atoms. The molecular formula is C15H17BrN2O3. The number of ether oxygens (including phenoxy) is 2. The molecule has 0 saturated heterocycles. The Morgan fingerprint density at radius 3 is 2.48 bits per heavy atom. The van der Waals surface area contributed by atoms with E-state index in [1.807, 2.05) is 0 Å². The molecule has 0 radical (unpaired) electrons. The number of hydrogen-bond donors (Lipinski definition) is 1. The maximum Gasteiger partial charge on any atom is 0.251 e. The van der Waals surface area contributed by atoms with Gasteiger partial charge >= 0.3 is 0 Å². The molecule has 112 valence electrons.